The average Bonchev–Trinajstić information content (AvgIpc) is 3.16. The van der Waals surface area contributed by atoms with E-state index in [-0.39, 0.29) is 5.91 Å². The summed E-state index contributed by atoms with van der Waals surface area (Å²) in [4.78, 5) is 15.0. The van der Waals surface area contributed by atoms with Crippen LogP contribution in [0.15, 0.2) is 48.5 Å². The summed E-state index contributed by atoms with van der Waals surface area (Å²) in [5.74, 6) is -0.0640. The molecule has 1 heterocycles. The Morgan fingerprint density at radius 2 is 1.88 bits per heavy atom. The molecule has 0 aromatic heterocycles. The van der Waals surface area contributed by atoms with E-state index < -0.39 is 6.10 Å². The van der Waals surface area contributed by atoms with Crippen molar-refractivity contribution in [2.75, 3.05) is 24.5 Å². The fourth-order valence-corrected chi connectivity index (χ4v) is 3.33. The molecule has 1 unspecified atom stereocenters. The van der Waals surface area contributed by atoms with Gasteiger partial charge >= 0.3 is 0 Å². The second-order valence-corrected chi connectivity index (χ2v) is 6.69. The third-order valence-corrected chi connectivity index (χ3v) is 4.73. The Balaban J connectivity index is 1.62. The number of amides is 1. The number of hydrogen-bond acceptors (Lipinski definition) is 3. The second-order valence-electron chi connectivity index (χ2n) is 6.69. The molecule has 1 aliphatic rings. The molecule has 0 saturated carbocycles. The molecule has 2 aromatic carbocycles. The lowest BCUT2D eigenvalue weighted by Crippen LogP contribution is -2.29. The van der Waals surface area contributed by atoms with Gasteiger partial charge in [-0.1, -0.05) is 42.0 Å². The largest absolute Gasteiger partial charge is 0.388 e. The van der Waals surface area contributed by atoms with Crippen molar-refractivity contribution in [3.05, 3.63) is 65.2 Å². The first-order chi connectivity index (χ1) is 12.1. The molecular weight excluding hydrogens is 312 g/mol. The number of nitrogens with one attached hydrogen (secondary N) is 1. The standard InChI is InChI=1S/C21H26N2O2/c1-16-9-10-19(23-13-5-6-14-23)18(15-16)21(25)22-12-11-20(24)17-7-3-2-4-8-17/h2-4,7-10,15,20,24H,5-6,11-14H2,1H3,(H,22,25). The topological polar surface area (TPSA) is 52.6 Å². The van der Waals surface area contributed by atoms with Crippen molar-refractivity contribution in [1.82, 2.24) is 5.32 Å². The third-order valence-electron chi connectivity index (χ3n) is 4.73. The predicted octanol–water partition coefficient (Wildman–Crippen LogP) is 3.45. The van der Waals surface area contributed by atoms with Crippen LogP contribution in [0.3, 0.4) is 0 Å². The Morgan fingerprint density at radius 3 is 2.60 bits per heavy atom. The van der Waals surface area contributed by atoms with Crippen LogP contribution in [0, 0.1) is 6.92 Å². The van der Waals surface area contributed by atoms with E-state index >= 15 is 0 Å². The molecule has 4 heteroatoms. The highest BCUT2D eigenvalue weighted by atomic mass is 16.3. The number of aliphatic hydroxyl groups excluding tert-OH is 1. The fraction of sp³-hybridized carbons (Fsp3) is 0.381. The van der Waals surface area contributed by atoms with Crippen molar-refractivity contribution >= 4 is 11.6 Å². The van der Waals surface area contributed by atoms with Gasteiger partial charge in [0.05, 0.1) is 11.7 Å². The van der Waals surface area contributed by atoms with Gasteiger partial charge in [-0.05, 0) is 43.9 Å². The Hall–Kier alpha value is -2.33. The van der Waals surface area contributed by atoms with E-state index in [1.807, 2.05) is 49.4 Å². The summed E-state index contributed by atoms with van der Waals surface area (Å²) in [7, 11) is 0. The van der Waals surface area contributed by atoms with Gasteiger partial charge in [0.25, 0.3) is 5.91 Å². The third kappa shape index (κ3) is 4.40. The lowest BCUT2D eigenvalue weighted by atomic mass is 10.1. The monoisotopic (exact) mass is 338 g/mol. The van der Waals surface area contributed by atoms with Crippen molar-refractivity contribution in [2.24, 2.45) is 0 Å². The first-order valence-electron chi connectivity index (χ1n) is 9.02. The van der Waals surface area contributed by atoms with Crippen molar-refractivity contribution in [2.45, 2.75) is 32.3 Å². The molecule has 25 heavy (non-hydrogen) atoms. The van der Waals surface area contributed by atoms with Crippen molar-refractivity contribution in [1.29, 1.82) is 0 Å². The Kier molecular flexibility index (Phi) is 5.71. The minimum absolute atomic E-state index is 0.0640. The molecule has 0 aliphatic carbocycles. The van der Waals surface area contributed by atoms with Gasteiger partial charge in [0, 0.05) is 25.3 Å². The van der Waals surface area contributed by atoms with Crippen LogP contribution < -0.4 is 10.2 Å². The summed E-state index contributed by atoms with van der Waals surface area (Å²) in [5, 5.41) is 13.2. The fourth-order valence-electron chi connectivity index (χ4n) is 3.33. The number of aliphatic hydroxyl groups is 1. The van der Waals surface area contributed by atoms with Gasteiger partial charge < -0.3 is 15.3 Å². The Bertz CT molecular complexity index is 709. The quantitative estimate of drug-likeness (QED) is 0.848. The van der Waals surface area contributed by atoms with Crippen LogP contribution in [-0.4, -0.2) is 30.6 Å². The normalized spacial score (nSPS) is 15.2. The number of anilines is 1. The van der Waals surface area contributed by atoms with Gasteiger partial charge in [-0.2, -0.15) is 0 Å². The van der Waals surface area contributed by atoms with Crippen LogP contribution in [0.4, 0.5) is 5.69 Å². The SMILES string of the molecule is Cc1ccc(N2CCCC2)c(C(=O)NCCC(O)c2ccccc2)c1. The van der Waals surface area contributed by atoms with Gasteiger partial charge in [0.2, 0.25) is 0 Å². The van der Waals surface area contributed by atoms with Crippen LogP contribution in [-0.2, 0) is 0 Å². The first kappa shape index (κ1) is 17.5. The molecule has 1 fully saturated rings. The molecular formula is C21H26N2O2. The zero-order valence-electron chi connectivity index (χ0n) is 14.7. The molecule has 1 amide bonds. The summed E-state index contributed by atoms with van der Waals surface area (Å²) in [6, 6.07) is 15.6. The highest BCUT2D eigenvalue weighted by molar-refractivity contribution is 6.00. The Labute approximate surface area is 149 Å². The first-order valence-corrected chi connectivity index (χ1v) is 9.02. The predicted molar refractivity (Wildman–Crippen MR) is 101 cm³/mol. The van der Waals surface area contributed by atoms with E-state index in [2.05, 4.69) is 16.3 Å². The molecule has 4 nitrogen and oxygen atoms in total. The van der Waals surface area contributed by atoms with Gasteiger partial charge in [-0.3, -0.25) is 4.79 Å². The lowest BCUT2D eigenvalue weighted by molar-refractivity contribution is 0.0943. The minimum Gasteiger partial charge on any atom is -0.388 e. The van der Waals surface area contributed by atoms with Gasteiger partial charge in [0.15, 0.2) is 0 Å². The minimum atomic E-state index is -0.558. The number of hydrogen-bond donors (Lipinski definition) is 2. The molecule has 1 atom stereocenters. The molecule has 0 radical (unpaired) electrons. The molecule has 132 valence electrons. The summed E-state index contributed by atoms with van der Waals surface area (Å²) >= 11 is 0. The molecule has 1 aliphatic heterocycles. The second kappa shape index (κ2) is 8.17. The maximum atomic E-state index is 12.7. The zero-order chi connectivity index (χ0) is 17.6. The van der Waals surface area contributed by atoms with Gasteiger partial charge in [0.1, 0.15) is 0 Å². The van der Waals surface area contributed by atoms with Crippen LogP contribution in [0.25, 0.3) is 0 Å². The molecule has 2 N–H and O–H groups in total. The van der Waals surface area contributed by atoms with E-state index in [1.54, 1.807) is 0 Å². The van der Waals surface area contributed by atoms with E-state index in [0.29, 0.717) is 13.0 Å². The van der Waals surface area contributed by atoms with Crippen molar-refractivity contribution < 1.29 is 9.90 Å². The highest BCUT2D eigenvalue weighted by Gasteiger charge is 2.19. The zero-order valence-corrected chi connectivity index (χ0v) is 14.7. The van der Waals surface area contributed by atoms with Crippen LogP contribution in [0.5, 0.6) is 0 Å². The Morgan fingerprint density at radius 1 is 1.16 bits per heavy atom. The summed E-state index contributed by atoms with van der Waals surface area (Å²) in [6.45, 7) is 4.47. The molecule has 3 rings (SSSR count). The van der Waals surface area contributed by atoms with E-state index in [9.17, 15) is 9.90 Å². The van der Waals surface area contributed by atoms with Crippen LogP contribution in [0.2, 0.25) is 0 Å². The number of carbonyl (C=O) groups excluding carboxylic acids is 1. The van der Waals surface area contributed by atoms with Crippen molar-refractivity contribution in [3.63, 3.8) is 0 Å². The smallest absolute Gasteiger partial charge is 0.253 e. The van der Waals surface area contributed by atoms with Crippen LogP contribution in [0.1, 0.15) is 46.9 Å². The van der Waals surface area contributed by atoms with Crippen LogP contribution >= 0.6 is 0 Å². The molecule has 1 saturated heterocycles. The van der Waals surface area contributed by atoms with E-state index in [0.717, 1.165) is 35.5 Å². The maximum Gasteiger partial charge on any atom is 0.253 e. The lowest BCUT2D eigenvalue weighted by Gasteiger charge is -2.21. The number of carbonyl (C=O) groups is 1. The molecule has 0 bridgehead atoms. The summed E-state index contributed by atoms with van der Waals surface area (Å²) in [5.41, 5.74) is 3.71. The number of benzene rings is 2. The van der Waals surface area contributed by atoms with E-state index in [4.69, 9.17) is 0 Å². The van der Waals surface area contributed by atoms with Crippen molar-refractivity contribution in [3.8, 4) is 0 Å². The number of aryl methyl sites for hydroxylation is 1. The van der Waals surface area contributed by atoms with Gasteiger partial charge in [-0.15, -0.1) is 0 Å². The summed E-state index contributed by atoms with van der Waals surface area (Å²) in [6.07, 6.45) is 2.30. The summed E-state index contributed by atoms with van der Waals surface area (Å²) < 4.78 is 0. The maximum absolute atomic E-state index is 12.7. The number of rotatable bonds is 6. The average molecular weight is 338 g/mol. The van der Waals surface area contributed by atoms with Gasteiger partial charge in [-0.25, -0.2) is 0 Å². The molecule has 0 spiro atoms. The molecule has 2 aromatic rings. The number of nitrogens with zero attached hydrogens (tertiary/aromatic N) is 1. The van der Waals surface area contributed by atoms with E-state index in [1.165, 1.54) is 12.8 Å². The highest BCUT2D eigenvalue weighted by Crippen LogP contribution is 2.26.